The molecular formula is C26H17ClF6N2O3. The zero-order chi connectivity index (χ0) is 27.5. The fourth-order valence-electron chi connectivity index (χ4n) is 3.61. The van der Waals surface area contributed by atoms with Gasteiger partial charge in [-0.05, 0) is 66.2 Å². The number of hydrogen-bond acceptors (Lipinski definition) is 5. The van der Waals surface area contributed by atoms with Gasteiger partial charge in [0.05, 0.1) is 11.4 Å². The van der Waals surface area contributed by atoms with Crippen molar-refractivity contribution in [1.82, 2.24) is 9.97 Å². The van der Waals surface area contributed by atoms with Crippen LogP contribution in [0.5, 0.6) is 11.5 Å². The number of aliphatic hydroxyl groups is 1. The summed E-state index contributed by atoms with van der Waals surface area (Å²) in [7, 11) is 0. The average molecular weight is 555 g/mol. The quantitative estimate of drug-likeness (QED) is 0.190. The van der Waals surface area contributed by atoms with Crippen LogP contribution in [0.25, 0.3) is 22.5 Å². The molecule has 12 heteroatoms. The van der Waals surface area contributed by atoms with Crippen LogP contribution in [-0.4, -0.2) is 27.8 Å². The number of aromatic nitrogens is 2. The predicted molar refractivity (Wildman–Crippen MR) is 126 cm³/mol. The van der Waals surface area contributed by atoms with Crippen LogP contribution in [0, 0.1) is 0 Å². The zero-order valence-electron chi connectivity index (χ0n) is 19.1. The monoisotopic (exact) mass is 554 g/mol. The maximum absolute atomic E-state index is 12.5. The van der Waals surface area contributed by atoms with E-state index in [-0.39, 0.29) is 11.6 Å². The molecule has 198 valence electrons. The Bertz CT molecular complexity index is 1380. The summed E-state index contributed by atoms with van der Waals surface area (Å²) in [6.07, 6.45) is -7.97. The Morgan fingerprint density at radius 1 is 0.737 bits per heavy atom. The van der Waals surface area contributed by atoms with Crippen molar-refractivity contribution in [1.29, 1.82) is 0 Å². The van der Waals surface area contributed by atoms with E-state index in [0.717, 1.165) is 24.3 Å². The van der Waals surface area contributed by atoms with Crippen molar-refractivity contribution in [2.45, 2.75) is 24.7 Å². The van der Waals surface area contributed by atoms with E-state index in [0.29, 0.717) is 39.2 Å². The fourth-order valence-corrected chi connectivity index (χ4v) is 3.76. The molecule has 0 bridgehead atoms. The van der Waals surface area contributed by atoms with Crippen LogP contribution in [0.3, 0.4) is 0 Å². The second-order valence-corrected chi connectivity index (χ2v) is 8.21. The van der Waals surface area contributed by atoms with Crippen molar-refractivity contribution in [2.75, 3.05) is 0 Å². The van der Waals surface area contributed by atoms with Gasteiger partial charge in [0.1, 0.15) is 17.6 Å². The van der Waals surface area contributed by atoms with Crippen molar-refractivity contribution in [3.63, 3.8) is 0 Å². The first kappa shape index (κ1) is 27.2. The van der Waals surface area contributed by atoms with Gasteiger partial charge in [0.15, 0.2) is 0 Å². The number of halogens is 7. The van der Waals surface area contributed by atoms with Crippen molar-refractivity contribution >= 4 is 11.6 Å². The van der Waals surface area contributed by atoms with Gasteiger partial charge in [0.2, 0.25) is 0 Å². The zero-order valence-corrected chi connectivity index (χ0v) is 19.8. The summed E-state index contributed by atoms with van der Waals surface area (Å²) in [5.41, 5.74) is 3.02. The Balaban J connectivity index is 1.60. The second kappa shape index (κ2) is 10.9. The first-order valence-corrected chi connectivity index (χ1v) is 11.4. The number of aliphatic hydroxyl groups excluding tert-OH is 1. The van der Waals surface area contributed by atoms with Crippen LogP contribution in [0.2, 0.25) is 0 Å². The van der Waals surface area contributed by atoms with Gasteiger partial charge >= 0.3 is 12.7 Å². The molecule has 2 heterocycles. The van der Waals surface area contributed by atoms with Gasteiger partial charge in [-0.25, -0.2) is 0 Å². The molecule has 0 saturated carbocycles. The number of benzene rings is 2. The van der Waals surface area contributed by atoms with Crippen molar-refractivity contribution in [3.05, 3.63) is 95.8 Å². The van der Waals surface area contributed by atoms with Gasteiger partial charge in [-0.1, -0.05) is 6.07 Å². The lowest BCUT2D eigenvalue weighted by Crippen LogP contribution is -2.17. The molecule has 4 aromatic rings. The van der Waals surface area contributed by atoms with E-state index in [1.807, 2.05) is 0 Å². The Morgan fingerprint density at radius 3 is 1.76 bits per heavy atom. The molecular weight excluding hydrogens is 538 g/mol. The highest BCUT2D eigenvalue weighted by molar-refractivity contribution is 6.17. The largest absolute Gasteiger partial charge is 0.573 e. The Morgan fingerprint density at radius 2 is 1.29 bits per heavy atom. The van der Waals surface area contributed by atoms with E-state index in [1.165, 1.54) is 36.7 Å². The molecule has 0 spiro atoms. The third-order valence-electron chi connectivity index (χ3n) is 5.27. The summed E-state index contributed by atoms with van der Waals surface area (Å²) >= 11 is 5.94. The van der Waals surface area contributed by atoms with Gasteiger partial charge in [0.25, 0.3) is 0 Å². The molecule has 0 fully saturated rings. The van der Waals surface area contributed by atoms with Gasteiger partial charge < -0.3 is 14.6 Å². The highest BCUT2D eigenvalue weighted by Gasteiger charge is 2.31. The molecule has 0 saturated heterocycles. The molecule has 0 amide bonds. The third-order valence-corrected chi connectivity index (χ3v) is 5.58. The molecule has 2 aromatic heterocycles. The van der Waals surface area contributed by atoms with Crippen LogP contribution in [0.4, 0.5) is 26.3 Å². The molecule has 1 N–H and O–H groups in total. The third kappa shape index (κ3) is 6.93. The molecule has 5 nitrogen and oxygen atoms in total. The van der Waals surface area contributed by atoms with E-state index in [9.17, 15) is 31.4 Å². The van der Waals surface area contributed by atoms with Gasteiger partial charge in [-0.2, -0.15) is 0 Å². The summed E-state index contributed by atoms with van der Waals surface area (Å²) in [5.74, 6) is -0.666. The molecule has 0 aliphatic carbocycles. The first-order valence-electron chi connectivity index (χ1n) is 10.8. The SMILES string of the molecule is OC(c1ccc(-c2ccc(OC(F)(F)F)cc2)nc1)c1cc(CCl)cnc1-c1ccc(OC(F)(F)F)cc1. The lowest BCUT2D eigenvalue weighted by Gasteiger charge is -2.17. The molecule has 0 aliphatic heterocycles. The Labute approximate surface area is 217 Å². The van der Waals surface area contributed by atoms with E-state index >= 15 is 0 Å². The van der Waals surface area contributed by atoms with E-state index in [2.05, 4.69) is 19.4 Å². The summed E-state index contributed by atoms with van der Waals surface area (Å²) in [6.45, 7) is 0. The topological polar surface area (TPSA) is 64.5 Å². The van der Waals surface area contributed by atoms with E-state index in [4.69, 9.17) is 11.6 Å². The number of pyridine rings is 2. The molecule has 1 unspecified atom stereocenters. The van der Waals surface area contributed by atoms with E-state index < -0.39 is 24.6 Å². The highest BCUT2D eigenvalue weighted by atomic mass is 35.5. The summed E-state index contributed by atoms with van der Waals surface area (Å²) in [4.78, 5) is 8.65. The Hall–Kier alpha value is -3.83. The van der Waals surface area contributed by atoms with Crippen LogP contribution in [0.15, 0.2) is 79.1 Å². The summed E-state index contributed by atoms with van der Waals surface area (Å²) in [5, 5.41) is 11.1. The summed E-state index contributed by atoms with van der Waals surface area (Å²) in [6, 6.07) is 15.0. The number of alkyl halides is 7. The molecule has 38 heavy (non-hydrogen) atoms. The van der Waals surface area contributed by atoms with Gasteiger partial charge in [-0.3, -0.25) is 9.97 Å². The lowest BCUT2D eigenvalue weighted by atomic mass is 9.96. The minimum Gasteiger partial charge on any atom is -0.406 e. The maximum Gasteiger partial charge on any atom is 0.573 e. The van der Waals surface area contributed by atoms with Crippen molar-refractivity contribution in [2.24, 2.45) is 0 Å². The maximum atomic E-state index is 12.5. The number of rotatable bonds is 7. The highest BCUT2D eigenvalue weighted by Crippen LogP contribution is 2.34. The number of nitrogens with zero attached hydrogens (tertiary/aromatic N) is 2. The smallest absolute Gasteiger partial charge is 0.406 e. The van der Waals surface area contributed by atoms with E-state index in [1.54, 1.807) is 18.2 Å². The van der Waals surface area contributed by atoms with Gasteiger partial charge in [-0.15, -0.1) is 37.9 Å². The number of ether oxygens (including phenoxy) is 2. The lowest BCUT2D eigenvalue weighted by molar-refractivity contribution is -0.275. The van der Waals surface area contributed by atoms with Crippen molar-refractivity contribution in [3.8, 4) is 34.0 Å². The second-order valence-electron chi connectivity index (χ2n) is 7.94. The fraction of sp³-hybridized carbons (Fsp3) is 0.154. The predicted octanol–water partition coefficient (Wildman–Crippen LogP) is 7.43. The molecule has 4 rings (SSSR count). The van der Waals surface area contributed by atoms with Crippen LogP contribution in [-0.2, 0) is 5.88 Å². The van der Waals surface area contributed by atoms with Crippen molar-refractivity contribution < 1.29 is 40.9 Å². The normalized spacial score (nSPS) is 12.7. The Kier molecular flexibility index (Phi) is 7.79. The molecule has 0 aliphatic rings. The molecule has 0 radical (unpaired) electrons. The standard InChI is InChI=1S/C26H17ClF6N2O3/c27-12-15-11-21(23(35-13-15)17-3-8-20(9-4-17)38-26(31,32)33)24(36)18-5-10-22(34-14-18)16-1-6-19(7-2-16)37-25(28,29)30/h1-11,13-14,24,36H,12H2. The number of hydrogen-bond donors (Lipinski definition) is 1. The van der Waals surface area contributed by atoms with Crippen LogP contribution >= 0.6 is 11.6 Å². The summed E-state index contributed by atoms with van der Waals surface area (Å²) < 4.78 is 82.3. The van der Waals surface area contributed by atoms with Crippen LogP contribution in [0.1, 0.15) is 22.8 Å². The van der Waals surface area contributed by atoms with Gasteiger partial charge in [0, 0.05) is 40.5 Å². The minimum absolute atomic E-state index is 0.108. The molecule has 2 aromatic carbocycles. The average Bonchev–Trinajstić information content (AvgIpc) is 2.87. The minimum atomic E-state index is -4.83. The van der Waals surface area contributed by atoms with Crippen LogP contribution < -0.4 is 9.47 Å². The first-order chi connectivity index (χ1) is 17.9. The molecule has 1 atom stereocenters.